The molecule has 204 valence electrons. The third kappa shape index (κ3) is 24.4. The van der Waals surface area contributed by atoms with Crippen molar-refractivity contribution in [1.82, 2.24) is 5.32 Å². The van der Waals surface area contributed by atoms with E-state index in [1.54, 1.807) is 0 Å². The number of hydrogen-bond acceptors (Lipinski definition) is 6. The van der Waals surface area contributed by atoms with Crippen LogP contribution in [-0.4, -0.2) is 75.5 Å². The van der Waals surface area contributed by atoms with Gasteiger partial charge in [0.25, 0.3) is 0 Å². The van der Waals surface area contributed by atoms with E-state index in [2.05, 4.69) is 39.9 Å². The fourth-order valence-electron chi connectivity index (χ4n) is 3.18. The van der Waals surface area contributed by atoms with E-state index in [1.165, 1.54) is 0 Å². The second-order valence-electron chi connectivity index (χ2n) is 11.0. The van der Waals surface area contributed by atoms with Crippen molar-refractivity contribution >= 4 is 5.91 Å². The van der Waals surface area contributed by atoms with E-state index in [-0.39, 0.29) is 29.8 Å². The number of nitrogens with one attached hydrogen (secondary N) is 1. The van der Waals surface area contributed by atoms with E-state index >= 15 is 0 Å². The molecule has 0 aromatic carbocycles. The summed E-state index contributed by atoms with van der Waals surface area (Å²) in [4.78, 5) is 11.6. The van der Waals surface area contributed by atoms with Crippen molar-refractivity contribution < 1.29 is 28.5 Å². The highest BCUT2D eigenvalue weighted by Crippen LogP contribution is 2.19. The molecule has 0 heterocycles. The van der Waals surface area contributed by atoms with Crippen LogP contribution in [0.3, 0.4) is 0 Å². The van der Waals surface area contributed by atoms with Gasteiger partial charge in [-0.25, -0.2) is 0 Å². The minimum atomic E-state index is -0.226. The van der Waals surface area contributed by atoms with E-state index in [4.69, 9.17) is 23.7 Å². The Morgan fingerprint density at radius 1 is 0.735 bits per heavy atom. The molecule has 0 bridgehead atoms. The van der Waals surface area contributed by atoms with Gasteiger partial charge in [-0.2, -0.15) is 0 Å². The first kappa shape index (κ1) is 33.3. The van der Waals surface area contributed by atoms with Crippen molar-refractivity contribution in [3.05, 3.63) is 0 Å². The average Bonchev–Trinajstić information content (AvgIpc) is 2.71. The molecule has 7 heteroatoms. The van der Waals surface area contributed by atoms with Gasteiger partial charge in [0.15, 0.2) is 0 Å². The first-order valence-corrected chi connectivity index (χ1v) is 13.2. The molecule has 1 atom stereocenters. The van der Waals surface area contributed by atoms with Crippen LogP contribution in [0.5, 0.6) is 0 Å². The molecule has 0 aromatic rings. The molecule has 34 heavy (non-hydrogen) atoms. The number of ether oxygens (including phenoxy) is 5. The Labute approximate surface area is 210 Å². The van der Waals surface area contributed by atoms with Crippen LogP contribution in [0, 0.1) is 0 Å². The lowest BCUT2D eigenvalue weighted by Crippen LogP contribution is -2.42. The number of carbonyl (C=O) groups excluding carboxylic acids is 1. The molecule has 0 radical (unpaired) electrons. The summed E-state index contributed by atoms with van der Waals surface area (Å²) < 4.78 is 28.6. The van der Waals surface area contributed by atoms with Gasteiger partial charge < -0.3 is 29.0 Å². The molecular formula is C27H55NO6. The van der Waals surface area contributed by atoms with Gasteiger partial charge in [-0.3, -0.25) is 4.79 Å². The van der Waals surface area contributed by atoms with Gasteiger partial charge in [0.1, 0.15) is 6.61 Å². The van der Waals surface area contributed by atoms with Crippen LogP contribution < -0.4 is 5.32 Å². The van der Waals surface area contributed by atoms with Crippen molar-refractivity contribution in [2.75, 3.05) is 46.2 Å². The molecule has 1 amide bonds. The van der Waals surface area contributed by atoms with Crippen LogP contribution in [0.1, 0.15) is 100 Å². The summed E-state index contributed by atoms with van der Waals surface area (Å²) in [6, 6.07) is 0. The van der Waals surface area contributed by atoms with Crippen LogP contribution >= 0.6 is 0 Å². The fraction of sp³-hybridized carbons (Fsp3) is 0.963. The lowest BCUT2D eigenvalue weighted by molar-refractivity contribution is -0.127. The third-order valence-electron chi connectivity index (χ3n) is 5.05. The average molecular weight is 490 g/mol. The van der Waals surface area contributed by atoms with Crippen molar-refractivity contribution in [2.24, 2.45) is 0 Å². The summed E-state index contributed by atoms with van der Waals surface area (Å²) in [6.45, 7) is 20.7. The van der Waals surface area contributed by atoms with Crippen molar-refractivity contribution in [3.63, 3.8) is 0 Å². The molecule has 0 aliphatic carbocycles. The van der Waals surface area contributed by atoms with E-state index in [1.807, 2.05) is 20.8 Å². The molecule has 0 unspecified atom stereocenters. The summed E-state index contributed by atoms with van der Waals surface area (Å²) in [5.41, 5.74) is -0.347. The van der Waals surface area contributed by atoms with Gasteiger partial charge in [-0.05, 0) is 100 Å². The highest BCUT2D eigenvalue weighted by molar-refractivity contribution is 5.77. The van der Waals surface area contributed by atoms with Gasteiger partial charge in [0, 0.05) is 45.2 Å². The normalized spacial score (nSPS) is 13.4. The van der Waals surface area contributed by atoms with Crippen molar-refractivity contribution in [2.45, 2.75) is 124 Å². The SMILES string of the molecule is CC(C)OCCCCCOC(C)(C)CC[C@@H](C)OCCCOCCCOCC(=O)NC(C)(C)C. The molecule has 0 saturated carbocycles. The first-order valence-electron chi connectivity index (χ1n) is 13.2. The van der Waals surface area contributed by atoms with Crippen LogP contribution in [0.25, 0.3) is 0 Å². The maximum absolute atomic E-state index is 11.6. The Balaban J connectivity index is 3.54. The lowest BCUT2D eigenvalue weighted by Gasteiger charge is -2.27. The zero-order chi connectivity index (χ0) is 25.9. The van der Waals surface area contributed by atoms with Gasteiger partial charge in [-0.15, -0.1) is 0 Å². The standard InChI is InChI=1S/C27H55NO6/c1-23(2)32-19-10-9-11-21-34-27(7,8)15-14-24(3)33-20-13-17-30-16-12-18-31-22-25(29)28-26(4,5)6/h23-24H,9-22H2,1-8H3,(H,28,29)/t24-/m1/s1. The smallest absolute Gasteiger partial charge is 0.246 e. The molecule has 0 fully saturated rings. The van der Waals surface area contributed by atoms with Crippen molar-refractivity contribution in [3.8, 4) is 0 Å². The van der Waals surface area contributed by atoms with E-state index in [9.17, 15) is 4.79 Å². The van der Waals surface area contributed by atoms with Crippen molar-refractivity contribution in [1.29, 1.82) is 0 Å². The van der Waals surface area contributed by atoms with Crippen LogP contribution in [0.2, 0.25) is 0 Å². The number of amides is 1. The van der Waals surface area contributed by atoms with E-state index in [0.29, 0.717) is 32.5 Å². The fourth-order valence-corrected chi connectivity index (χ4v) is 3.18. The molecule has 1 N–H and O–H groups in total. The summed E-state index contributed by atoms with van der Waals surface area (Å²) in [5, 5.41) is 2.87. The molecule has 0 aromatic heterocycles. The highest BCUT2D eigenvalue weighted by Gasteiger charge is 2.19. The predicted octanol–water partition coefficient (Wildman–Crippen LogP) is 5.29. The Morgan fingerprint density at radius 2 is 1.32 bits per heavy atom. The zero-order valence-electron chi connectivity index (χ0n) is 23.5. The first-order chi connectivity index (χ1) is 15.9. The van der Waals surface area contributed by atoms with Gasteiger partial charge in [0.2, 0.25) is 5.91 Å². The second kappa shape index (κ2) is 19.5. The summed E-state index contributed by atoms with van der Waals surface area (Å²) in [6.07, 6.45) is 7.47. The Bertz CT molecular complexity index is 490. The van der Waals surface area contributed by atoms with Crippen LogP contribution in [0.15, 0.2) is 0 Å². The van der Waals surface area contributed by atoms with Gasteiger partial charge in [0.05, 0.1) is 17.8 Å². The molecule has 0 aliphatic heterocycles. The monoisotopic (exact) mass is 489 g/mol. The maximum Gasteiger partial charge on any atom is 0.246 e. The van der Waals surface area contributed by atoms with Crippen LogP contribution in [0.4, 0.5) is 0 Å². The summed E-state index contributed by atoms with van der Waals surface area (Å²) in [5.74, 6) is -0.0855. The predicted molar refractivity (Wildman–Crippen MR) is 138 cm³/mol. The number of hydrogen-bond donors (Lipinski definition) is 1. The Hall–Kier alpha value is -0.730. The van der Waals surface area contributed by atoms with E-state index < -0.39 is 0 Å². The largest absolute Gasteiger partial charge is 0.381 e. The van der Waals surface area contributed by atoms with Gasteiger partial charge >= 0.3 is 0 Å². The molecule has 0 aliphatic rings. The second-order valence-corrected chi connectivity index (χ2v) is 11.0. The molecular weight excluding hydrogens is 434 g/mol. The molecule has 7 nitrogen and oxygen atoms in total. The lowest BCUT2D eigenvalue weighted by atomic mass is 10.0. The number of rotatable bonds is 22. The van der Waals surface area contributed by atoms with Crippen LogP contribution in [-0.2, 0) is 28.5 Å². The topological polar surface area (TPSA) is 75.2 Å². The Kier molecular flexibility index (Phi) is 19.0. The maximum atomic E-state index is 11.6. The zero-order valence-corrected chi connectivity index (χ0v) is 23.5. The molecule has 0 rings (SSSR count). The molecule has 0 saturated heterocycles. The highest BCUT2D eigenvalue weighted by atomic mass is 16.5. The van der Waals surface area contributed by atoms with E-state index in [0.717, 1.165) is 58.2 Å². The quantitative estimate of drug-likeness (QED) is 0.208. The van der Waals surface area contributed by atoms with Gasteiger partial charge in [-0.1, -0.05) is 0 Å². The number of carbonyl (C=O) groups is 1. The third-order valence-corrected chi connectivity index (χ3v) is 5.05. The minimum absolute atomic E-state index is 0.0855. The summed E-state index contributed by atoms with van der Waals surface area (Å²) in [7, 11) is 0. The number of unbranched alkanes of at least 4 members (excludes halogenated alkanes) is 2. The summed E-state index contributed by atoms with van der Waals surface area (Å²) >= 11 is 0. The Morgan fingerprint density at radius 3 is 1.97 bits per heavy atom. The minimum Gasteiger partial charge on any atom is -0.381 e. The molecule has 0 spiro atoms.